The van der Waals surface area contributed by atoms with E-state index in [9.17, 15) is 14.7 Å². The first-order valence-electron chi connectivity index (χ1n) is 8.26. The number of rotatable bonds is 4. The van der Waals surface area contributed by atoms with Crippen molar-refractivity contribution in [2.75, 3.05) is 26.2 Å². The molecule has 5 nitrogen and oxygen atoms in total. The van der Waals surface area contributed by atoms with E-state index < -0.39 is 11.4 Å². The van der Waals surface area contributed by atoms with Crippen molar-refractivity contribution in [3.8, 4) is 0 Å². The van der Waals surface area contributed by atoms with Crippen LogP contribution in [0.1, 0.15) is 52.4 Å². The Kier molecular flexibility index (Phi) is 5.25. The lowest BCUT2D eigenvalue weighted by Crippen LogP contribution is -2.53. The average molecular weight is 296 g/mol. The van der Waals surface area contributed by atoms with Gasteiger partial charge in [-0.1, -0.05) is 6.92 Å². The number of likely N-dealkylation sites (tertiary alicyclic amines) is 2. The minimum atomic E-state index is -0.681. The molecule has 2 aliphatic heterocycles. The molecule has 120 valence electrons. The molecule has 0 aliphatic carbocycles. The van der Waals surface area contributed by atoms with Crippen LogP contribution in [0.15, 0.2) is 0 Å². The molecular formula is C16H28N2O3. The Morgan fingerprint density at radius 2 is 1.67 bits per heavy atom. The van der Waals surface area contributed by atoms with Crippen LogP contribution in [0.3, 0.4) is 0 Å². The highest BCUT2D eigenvalue weighted by Gasteiger charge is 2.41. The number of hydrogen-bond acceptors (Lipinski definition) is 3. The summed E-state index contributed by atoms with van der Waals surface area (Å²) < 4.78 is 0. The summed E-state index contributed by atoms with van der Waals surface area (Å²) in [4.78, 5) is 28.1. The fourth-order valence-corrected chi connectivity index (χ4v) is 3.59. The standard InChI is InChI=1S/C16H28N2O3/c1-3-16(15(20)21)7-11-17(12-8-16)13(2)14(19)18-9-5-4-6-10-18/h13H,3-12H2,1-2H3,(H,20,21). The number of piperidine rings is 2. The van der Waals surface area contributed by atoms with Crippen LogP contribution in [0.25, 0.3) is 0 Å². The molecule has 2 aliphatic rings. The van der Waals surface area contributed by atoms with E-state index >= 15 is 0 Å². The summed E-state index contributed by atoms with van der Waals surface area (Å²) in [6.45, 7) is 7.10. The molecule has 2 fully saturated rings. The van der Waals surface area contributed by atoms with Crippen LogP contribution >= 0.6 is 0 Å². The van der Waals surface area contributed by atoms with Gasteiger partial charge in [-0.05, 0) is 45.4 Å². The lowest BCUT2D eigenvalue weighted by atomic mass is 9.76. The van der Waals surface area contributed by atoms with Gasteiger partial charge in [0, 0.05) is 26.2 Å². The molecule has 0 radical (unpaired) electrons. The molecule has 0 aromatic rings. The van der Waals surface area contributed by atoms with E-state index in [1.165, 1.54) is 6.42 Å². The van der Waals surface area contributed by atoms with Crippen molar-refractivity contribution in [1.82, 2.24) is 9.80 Å². The third kappa shape index (κ3) is 3.39. The van der Waals surface area contributed by atoms with E-state index in [1.54, 1.807) is 0 Å². The van der Waals surface area contributed by atoms with Crippen molar-refractivity contribution in [3.05, 3.63) is 0 Å². The molecule has 1 amide bonds. The lowest BCUT2D eigenvalue weighted by Gasteiger charge is -2.41. The molecule has 0 saturated carbocycles. The van der Waals surface area contributed by atoms with Gasteiger partial charge in [0.25, 0.3) is 0 Å². The van der Waals surface area contributed by atoms with E-state index in [2.05, 4.69) is 4.90 Å². The van der Waals surface area contributed by atoms with Gasteiger partial charge in [0.2, 0.25) is 5.91 Å². The zero-order valence-electron chi connectivity index (χ0n) is 13.3. The maximum atomic E-state index is 12.5. The molecule has 0 aromatic heterocycles. The summed E-state index contributed by atoms with van der Waals surface area (Å²) in [6, 6.07) is -0.119. The third-order valence-corrected chi connectivity index (χ3v) is 5.46. The minimum absolute atomic E-state index is 0.119. The summed E-state index contributed by atoms with van der Waals surface area (Å²) in [5.41, 5.74) is -0.579. The van der Waals surface area contributed by atoms with Gasteiger partial charge in [-0.3, -0.25) is 14.5 Å². The molecular weight excluding hydrogens is 268 g/mol. The van der Waals surface area contributed by atoms with Gasteiger partial charge < -0.3 is 10.0 Å². The van der Waals surface area contributed by atoms with Gasteiger partial charge in [0.15, 0.2) is 0 Å². The van der Waals surface area contributed by atoms with Gasteiger partial charge in [-0.15, -0.1) is 0 Å². The fraction of sp³-hybridized carbons (Fsp3) is 0.875. The Morgan fingerprint density at radius 3 is 2.14 bits per heavy atom. The minimum Gasteiger partial charge on any atom is -0.481 e. The Hall–Kier alpha value is -1.10. The van der Waals surface area contributed by atoms with Crippen LogP contribution in [0, 0.1) is 5.41 Å². The van der Waals surface area contributed by atoms with E-state index in [4.69, 9.17) is 0 Å². The van der Waals surface area contributed by atoms with Crippen LogP contribution in [0.4, 0.5) is 0 Å². The zero-order valence-corrected chi connectivity index (χ0v) is 13.3. The van der Waals surface area contributed by atoms with Crippen molar-refractivity contribution in [3.63, 3.8) is 0 Å². The quantitative estimate of drug-likeness (QED) is 0.861. The lowest BCUT2D eigenvalue weighted by molar-refractivity contribution is -0.153. The largest absolute Gasteiger partial charge is 0.481 e. The van der Waals surface area contributed by atoms with Crippen molar-refractivity contribution in [2.24, 2.45) is 5.41 Å². The SMILES string of the molecule is CCC1(C(=O)O)CCN(C(C)C(=O)N2CCCCC2)CC1. The third-order valence-electron chi connectivity index (χ3n) is 5.46. The monoisotopic (exact) mass is 296 g/mol. The second-order valence-electron chi connectivity index (χ2n) is 6.54. The van der Waals surface area contributed by atoms with Gasteiger partial charge in [0.1, 0.15) is 0 Å². The summed E-state index contributed by atoms with van der Waals surface area (Å²) in [7, 11) is 0. The number of carboxylic acids is 1. The van der Waals surface area contributed by atoms with Crippen LogP contribution in [0.5, 0.6) is 0 Å². The van der Waals surface area contributed by atoms with E-state index in [0.717, 1.165) is 25.9 Å². The van der Waals surface area contributed by atoms with E-state index in [-0.39, 0.29) is 11.9 Å². The van der Waals surface area contributed by atoms with Crippen molar-refractivity contribution in [1.29, 1.82) is 0 Å². The first kappa shape index (κ1) is 16.3. The first-order chi connectivity index (χ1) is 10.00. The Morgan fingerprint density at radius 1 is 1.10 bits per heavy atom. The van der Waals surface area contributed by atoms with Gasteiger partial charge in [0.05, 0.1) is 11.5 Å². The van der Waals surface area contributed by atoms with Gasteiger partial charge in [-0.25, -0.2) is 0 Å². The first-order valence-corrected chi connectivity index (χ1v) is 8.26. The Bertz CT molecular complexity index is 383. The summed E-state index contributed by atoms with van der Waals surface area (Å²) >= 11 is 0. The Labute approximate surface area is 127 Å². The molecule has 5 heteroatoms. The number of nitrogens with zero attached hydrogens (tertiary/aromatic N) is 2. The van der Waals surface area contributed by atoms with Crippen molar-refractivity contribution < 1.29 is 14.7 Å². The average Bonchev–Trinajstić information content (AvgIpc) is 2.54. The molecule has 2 saturated heterocycles. The van der Waals surface area contributed by atoms with E-state index in [1.807, 2.05) is 18.7 Å². The highest BCUT2D eigenvalue weighted by molar-refractivity contribution is 5.81. The van der Waals surface area contributed by atoms with Crippen LogP contribution in [-0.4, -0.2) is 59.0 Å². The molecule has 1 unspecified atom stereocenters. The second-order valence-corrected chi connectivity index (χ2v) is 6.54. The number of carbonyl (C=O) groups is 2. The highest BCUT2D eigenvalue weighted by atomic mass is 16.4. The normalized spacial score (nSPS) is 24.6. The van der Waals surface area contributed by atoms with Crippen molar-refractivity contribution >= 4 is 11.9 Å². The molecule has 2 rings (SSSR count). The molecule has 0 bridgehead atoms. The molecule has 0 aromatic carbocycles. The number of carbonyl (C=O) groups excluding carboxylic acids is 1. The van der Waals surface area contributed by atoms with Crippen molar-refractivity contribution in [2.45, 2.75) is 58.4 Å². The molecule has 1 N–H and O–H groups in total. The molecule has 2 heterocycles. The zero-order chi connectivity index (χ0) is 15.5. The smallest absolute Gasteiger partial charge is 0.309 e. The second kappa shape index (κ2) is 6.77. The maximum absolute atomic E-state index is 12.5. The van der Waals surface area contributed by atoms with Crippen LogP contribution in [0.2, 0.25) is 0 Å². The topological polar surface area (TPSA) is 60.9 Å². The summed E-state index contributed by atoms with van der Waals surface area (Å²) in [5.74, 6) is -0.464. The molecule has 21 heavy (non-hydrogen) atoms. The highest BCUT2D eigenvalue weighted by Crippen LogP contribution is 2.35. The maximum Gasteiger partial charge on any atom is 0.309 e. The number of amides is 1. The summed E-state index contributed by atoms with van der Waals surface area (Å²) in [5, 5.41) is 9.43. The van der Waals surface area contributed by atoms with Gasteiger partial charge >= 0.3 is 5.97 Å². The predicted molar refractivity (Wildman–Crippen MR) is 81.1 cm³/mol. The van der Waals surface area contributed by atoms with Gasteiger partial charge in [-0.2, -0.15) is 0 Å². The van der Waals surface area contributed by atoms with Crippen LogP contribution in [-0.2, 0) is 9.59 Å². The van der Waals surface area contributed by atoms with Crippen LogP contribution < -0.4 is 0 Å². The number of carboxylic acid groups (broad SMARTS) is 1. The fourth-order valence-electron chi connectivity index (χ4n) is 3.59. The molecule has 0 spiro atoms. The summed E-state index contributed by atoms with van der Waals surface area (Å²) in [6.07, 6.45) is 5.41. The number of aliphatic carboxylic acids is 1. The Balaban J connectivity index is 1.91. The molecule has 1 atom stereocenters. The predicted octanol–water partition coefficient (Wildman–Crippen LogP) is 1.96. The van der Waals surface area contributed by atoms with E-state index in [0.29, 0.717) is 32.4 Å². The number of hydrogen-bond donors (Lipinski definition) is 1.